The molecule has 1 aromatic rings. The molecular weight excluding hydrogens is 244 g/mol. The monoisotopic (exact) mass is 254 g/mol. The number of alkyl halides is 1. The SMILES string of the molecule is CC1(Br)CCOc2ccccc2C1=O. The maximum Gasteiger partial charge on any atom is 0.183 e. The number of benzene rings is 1. The number of ether oxygens (including phenoxy) is 1. The lowest BCUT2D eigenvalue weighted by Gasteiger charge is -2.16. The third-order valence-corrected chi connectivity index (χ3v) is 3.19. The summed E-state index contributed by atoms with van der Waals surface area (Å²) in [6, 6.07) is 7.38. The van der Waals surface area contributed by atoms with Gasteiger partial charge in [-0.25, -0.2) is 0 Å². The van der Waals surface area contributed by atoms with E-state index in [1.54, 1.807) is 0 Å². The van der Waals surface area contributed by atoms with Gasteiger partial charge in [0, 0.05) is 6.42 Å². The van der Waals surface area contributed by atoms with Crippen molar-refractivity contribution in [2.75, 3.05) is 6.61 Å². The van der Waals surface area contributed by atoms with Crippen LogP contribution in [0.5, 0.6) is 5.75 Å². The fraction of sp³-hybridized carbons (Fsp3) is 0.364. The second-order valence-electron chi connectivity index (χ2n) is 3.62. The van der Waals surface area contributed by atoms with Crippen LogP contribution in [0.3, 0.4) is 0 Å². The van der Waals surface area contributed by atoms with Crippen molar-refractivity contribution in [3.8, 4) is 5.75 Å². The summed E-state index contributed by atoms with van der Waals surface area (Å²) in [7, 11) is 0. The lowest BCUT2D eigenvalue weighted by Crippen LogP contribution is -2.27. The summed E-state index contributed by atoms with van der Waals surface area (Å²) in [5, 5.41) is 0. The molecule has 14 heavy (non-hydrogen) atoms. The number of fused-ring (bicyclic) bond motifs is 1. The Bertz CT molecular complexity index is 371. The number of ketones is 1. The van der Waals surface area contributed by atoms with Crippen LogP contribution in [0.25, 0.3) is 0 Å². The van der Waals surface area contributed by atoms with Gasteiger partial charge >= 0.3 is 0 Å². The van der Waals surface area contributed by atoms with Crippen LogP contribution in [-0.4, -0.2) is 16.7 Å². The Morgan fingerprint density at radius 1 is 1.43 bits per heavy atom. The standard InChI is InChI=1S/C11H11BrO2/c1-11(12)6-7-14-9-5-3-2-4-8(9)10(11)13/h2-5H,6-7H2,1H3. The zero-order valence-electron chi connectivity index (χ0n) is 7.92. The quantitative estimate of drug-likeness (QED) is 0.666. The van der Waals surface area contributed by atoms with Gasteiger partial charge in [-0.2, -0.15) is 0 Å². The Balaban J connectivity index is 2.51. The van der Waals surface area contributed by atoms with Crippen LogP contribution in [0.4, 0.5) is 0 Å². The summed E-state index contributed by atoms with van der Waals surface area (Å²) in [5.41, 5.74) is 0.671. The Kier molecular flexibility index (Phi) is 2.35. The van der Waals surface area contributed by atoms with Gasteiger partial charge in [0.15, 0.2) is 5.78 Å². The lowest BCUT2D eigenvalue weighted by molar-refractivity contribution is 0.0952. The average Bonchev–Trinajstić information content (AvgIpc) is 2.27. The van der Waals surface area contributed by atoms with Crippen molar-refractivity contribution < 1.29 is 9.53 Å². The molecule has 2 rings (SSSR count). The predicted molar refractivity (Wildman–Crippen MR) is 58.2 cm³/mol. The zero-order valence-corrected chi connectivity index (χ0v) is 9.50. The van der Waals surface area contributed by atoms with Crippen molar-refractivity contribution in [3.63, 3.8) is 0 Å². The van der Waals surface area contributed by atoms with Crippen molar-refractivity contribution in [2.45, 2.75) is 17.7 Å². The highest BCUT2D eigenvalue weighted by Gasteiger charge is 2.34. The maximum atomic E-state index is 12.0. The molecule has 1 aliphatic rings. The fourth-order valence-corrected chi connectivity index (χ4v) is 1.90. The van der Waals surface area contributed by atoms with Crippen LogP contribution < -0.4 is 4.74 Å². The fourth-order valence-electron chi connectivity index (χ4n) is 1.53. The van der Waals surface area contributed by atoms with Crippen molar-refractivity contribution in [3.05, 3.63) is 29.8 Å². The van der Waals surface area contributed by atoms with Gasteiger partial charge in [0.1, 0.15) is 5.75 Å². The summed E-state index contributed by atoms with van der Waals surface area (Å²) in [5.74, 6) is 0.797. The van der Waals surface area contributed by atoms with Crippen LogP contribution >= 0.6 is 15.9 Å². The summed E-state index contributed by atoms with van der Waals surface area (Å²) in [6.07, 6.45) is 0.695. The van der Waals surface area contributed by atoms with E-state index in [2.05, 4.69) is 15.9 Å². The molecular formula is C11H11BrO2. The van der Waals surface area contributed by atoms with Gasteiger partial charge < -0.3 is 4.74 Å². The number of rotatable bonds is 0. The number of hydrogen-bond donors (Lipinski definition) is 0. The van der Waals surface area contributed by atoms with E-state index in [-0.39, 0.29) is 5.78 Å². The molecule has 1 atom stereocenters. The van der Waals surface area contributed by atoms with E-state index in [1.165, 1.54) is 0 Å². The molecule has 0 fully saturated rings. The number of carbonyl (C=O) groups excluding carboxylic acids is 1. The summed E-state index contributed by atoms with van der Waals surface area (Å²) < 4.78 is 5.02. The van der Waals surface area contributed by atoms with E-state index in [1.807, 2.05) is 31.2 Å². The summed E-state index contributed by atoms with van der Waals surface area (Å²) in [6.45, 7) is 2.46. The molecule has 0 saturated heterocycles. The van der Waals surface area contributed by atoms with E-state index in [4.69, 9.17) is 4.74 Å². The van der Waals surface area contributed by atoms with Gasteiger partial charge in [-0.3, -0.25) is 4.79 Å². The van der Waals surface area contributed by atoms with Gasteiger partial charge in [0.2, 0.25) is 0 Å². The first-order valence-corrected chi connectivity index (χ1v) is 5.36. The van der Waals surface area contributed by atoms with E-state index in [0.717, 1.165) is 0 Å². The second-order valence-corrected chi connectivity index (χ2v) is 5.37. The number of Topliss-reactive ketones (excluding diaryl/α,β-unsaturated/α-hetero) is 1. The van der Waals surface area contributed by atoms with E-state index in [0.29, 0.717) is 24.3 Å². The van der Waals surface area contributed by atoms with Gasteiger partial charge in [0.05, 0.1) is 16.5 Å². The number of halogens is 1. The van der Waals surface area contributed by atoms with Crippen LogP contribution in [0.2, 0.25) is 0 Å². The first-order valence-electron chi connectivity index (χ1n) is 4.57. The molecule has 1 unspecified atom stereocenters. The molecule has 3 heteroatoms. The van der Waals surface area contributed by atoms with E-state index >= 15 is 0 Å². The normalized spacial score (nSPS) is 26.3. The molecule has 0 amide bonds. The predicted octanol–water partition coefficient (Wildman–Crippen LogP) is 2.81. The number of carbonyl (C=O) groups is 1. The highest BCUT2D eigenvalue weighted by Crippen LogP contribution is 2.33. The minimum absolute atomic E-state index is 0.102. The largest absolute Gasteiger partial charge is 0.493 e. The average molecular weight is 255 g/mol. The van der Waals surface area contributed by atoms with E-state index in [9.17, 15) is 4.79 Å². The van der Waals surface area contributed by atoms with Crippen LogP contribution in [0.1, 0.15) is 23.7 Å². The summed E-state index contributed by atoms with van der Waals surface area (Å²) >= 11 is 3.45. The molecule has 1 aliphatic heterocycles. The molecule has 0 bridgehead atoms. The van der Waals surface area contributed by atoms with Gasteiger partial charge in [0.25, 0.3) is 0 Å². The highest BCUT2D eigenvalue weighted by atomic mass is 79.9. The topological polar surface area (TPSA) is 26.3 Å². The molecule has 0 radical (unpaired) electrons. The first kappa shape index (κ1) is 9.71. The molecule has 74 valence electrons. The Morgan fingerprint density at radius 2 is 2.14 bits per heavy atom. The molecule has 1 aromatic carbocycles. The molecule has 0 aromatic heterocycles. The first-order chi connectivity index (χ1) is 6.61. The van der Waals surface area contributed by atoms with E-state index < -0.39 is 4.32 Å². The molecule has 0 saturated carbocycles. The smallest absolute Gasteiger partial charge is 0.183 e. The maximum absolute atomic E-state index is 12.0. The van der Waals surface area contributed by atoms with Gasteiger partial charge in [-0.1, -0.05) is 28.1 Å². The van der Waals surface area contributed by atoms with Crippen molar-refractivity contribution in [1.29, 1.82) is 0 Å². The molecule has 2 nitrogen and oxygen atoms in total. The number of para-hydroxylation sites is 1. The molecule has 0 N–H and O–H groups in total. The minimum atomic E-state index is -0.487. The minimum Gasteiger partial charge on any atom is -0.493 e. The Labute approximate surface area is 91.4 Å². The Morgan fingerprint density at radius 3 is 2.93 bits per heavy atom. The molecule has 0 spiro atoms. The summed E-state index contributed by atoms with van der Waals surface area (Å²) in [4.78, 5) is 12.0. The Hall–Kier alpha value is -0.830. The van der Waals surface area contributed by atoms with Crippen LogP contribution in [-0.2, 0) is 0 Å². The van der Waals surface area contributed by atoms with Gasteiger partial charge in [-0.05, 0) is 19.1 Å². The third-order valence-electron chi connectivity index (χ3n) is 2.43. The second kappa shape index (κ2) is 3.39. The molecule has 0 aliphatic carbocycles. The zero-order chi connectivity index (χ0) is 10.2. The molecule has 1 heterocycles. The number of hydrogen-bond acceptors (Lipinski definition) is 2. The van der Waals surface area contributed by atoms with Crippen molar-refractivity contribution in [2.24, 2.45) is 0 Å². The highest BCUT2D eigenvalue weighted by molar-refractivity contribution is 9.10. The third kappa shape index (κ3) is 1.57. The van der Waals surface area contributed by atoms with Crippen LogP contribution in [0.15, 0.2) is 24.3 Å². The lowest BCUT2D eigenvalue weighted by atomic mass is 9.97. The van der Waals surface area contributed by atoms with Crippen LogP contribution in [0, 0.1) is 0 Å². The van der Waals surface area contributed by atoms with Crippen molar-refractivity contribution in [1.82, 2.24) is 0 Å². The van der Waals surface area contributed by atoms with Crippen molar-refractivity contribution >= 4 is 21.7 Å². The van der Waals surface area contributed by atoms with Gasteiger partial charge in [-0.15, -0.1) is 0 Å².